The number of hydrogen-bond donors (Lipinski definition) is 2. The van der Waals surface area contributed by atoms with Crippen LogP contribution in [0.25, 0.3) is 0 Å². The van der Waals surface area contributed by atoms with Crippen LogP contribution in [-0.4, -0.2) is 55.6 Å². The third kappa shape index (κ3) is 7.57. The van der Waals surface area contributed by atoms with Crippen molar-refractivity contribution >= 4 is 38.0 Å². The van der Waals surface area contributed by atoms with E-state index in [1.54, 1.807) is 20.8 Å². The van der Waals surface area contributed by atoms with Crippen molar-refractivity contribution in [3.05, 3.63) is 28.2 Å². The minimum Gasteiger partial charge on any atom is -0.444 e. The number of nitrogens with zero attached hydrogens (tertiary/aromatic N) is 1. The van der Waals surface area contributed by atoms with Gasteiger partial charge in [0, 0.05) is 23.6 Å². The van der Waals surface area contributed by atoms with Gasteiger partial charge < -0.3 is 15.0 Å². The smallest absolute Gasteiger partial charge is 0.417 e. The van der Waals surface area contributed by atoms with Gasteiger partial charge in [-0.25, -0.2) is 17.9 Å². The van der Waals surface area contributed by atoms with Crippen LogP contribution in [0.15, 0.2) is 27.6 Å². The van der Waals surface area contributed by atoms with Gasteiger partial charge in [0.25, 0.3) is 0 Å². The Morgan fingerprint density at radius 3 is 2.15 bits per heavy atom. The molecule has 0 atom stereocenters. The van der Waals surface area contributed by atoms with E-state index in [1.807, 2.05) is 0 Å². The molecule has 0 radical (unpaired) electrons. The van der Waals surface area contributed by atoms with E-state index >= 15 is 0 Å². The average molecular weight is 572 g/mol. The van der Waals surface area contributed by atoms with Gasteiger partial charge in [-0.3, -0.25) is 4.79 Å². The van der Waals surface area contributed by atoms with E-state index in [0.717, 1.165) is 12.1 Å². The maximum absolute atomic E-state index is 13.4. The minimum absolute atomic E-state index is 0.105. The topological polar surface area (TPSA) is 105 Å². The number of rotatable bonds is 5. The number of alkyl carbamates (subject to hydrolysis) is 1. The highest BCUT2D eigenvalue weighted by atomic mass is 79.9. The molecule has 2 N–H and O–H groups in total. The van der Waals surface area contributed by atoms with Gasteiger partial charge in [-0.05, 0) is 65.7 Å². The molecule has 0 spiro atoms. The Bertz CT molecular complexity index is 1030. The molecule has 1 fully saturated rings. The van der Waals surface area contributed by atoms with Gasteiger partial charge in [0.2, 0.25) is 15.9 Å². The Morgan fingerprint density at radius 2 is 1.65 bits per heavy atom. The molecule has 13 heteroatoms. The van der Waals surface area contributed by atoms with Gasteiger partial charge in [-0.1, -0.05) is 15.9 Å². The van der Waals surface area contributed by atoms with E-state index in [1.165, 1.54) is 24.8 Å². The molecular weight excluding hydrogens is 543 g/mol. The first-order chi connectivity index (χ1) is 15.3. The number of carbonyl (C=O) groups excluding carboxylic acids is 2. The third-order valence-corrected chi connectivity index (χ3v) is 7.06. The Kier molecular flexibility index (Phi) is 8.36. The third-order valence-electron chi connectivity index (χ3n) is 4.99. The largest absolute Gasteiger partial charge is 0.444 e. The van der Waals surface area contributed by atoms with Gasteiger partial charge in [-0.2, -0.15) is 13.2 Å². The predicted molar refractivity (Wildman–Crippen MR) is 123 cm³/mol. The average Bonchev–Trinajstić information content (AvgIpc) is 2.64. The van der Waals surface area contributed by atoms with Crippen LogP contribution in [0, 0.1) is 0 Å². The zero-order valence-electron chi connectivity index (χ0n) is 19.5. The van der Waals surface area contributed by atoms with Crippen LogP contribution in [0.5, 0.6) is 0 Å². The SMILES string of the molecule is CC(C)(C)OC(=O)NC(C)(C)C(=O)N1CCC(NS(=O)(=O)c2ccc(Br)cc2C(F)(F)F)CC1. The molecule has 8 nitrogen and oxygen atoms in total. The second-order valence-corrected chi connectivity index (χ2v) is 12.2. The lowest BCUT2D eigenvalue weighted by atomic mass is 10.00. The monoisotopic (exact) mass is 571 g/mol. The Hall–Kier alpha value is -1.86. The first-order valence-electron chi connectivity index (χ1n) is 10.5. The zero-order chi connectivity index (χ0) is 26.1. The number of benzene rings is 1. The summed E-state index contributed by atoms with van der Waals surface area (Å²) >= 11 is 2.93. The van der Waals surface area contributed by atoms with Crippen molar-refractivity contribution in [1.29, 1.82) is 0 Å². The molecule has 1 aliphatic rings. The predicted octanol–water partition coefficient (Wildman–Crippen LogP) is 4.04. The van der Waals surface area contributed by atoms with E-state index < -0.39 is 49.9 Å². The van der Waals surface area contributed by atoms with Crippen LogP contribution in [0.4, 0.5) is 18.0 Å². The van der Waals surface area contributed by atoms with Crippen LogP contribution in [0.3, 0.4) is 0 Å². The number of amides is 2. The van der Waals surface area contributed by atoms with Crippen LogP contribution in [0.1, 0.15) is 53.0 Å². The molecule has 1 aromatic carbocycles. The number of ether oxygens (including phenoxy) is 1. The van der Waals surface area contributed by atoms with Crippen molar-refractivity contribution in [1.82, 2.24) is 14.9 Å². The summed E-state index contributed by atoms with van der Waals surface area (Å²) in [7, 11) is -4.46. The number of hydrogen-bond acceptors (Lipinski definition) is 5. The number of piperidine rings is 1. The fourth-order valence-corrected chi connectivity index (χ4v) is 5.32. The standard InChI is InChI=1S/C21H29BrF3N3O5S/c1-19(2,3)33-18(30)26-20(4,5)17(29)28-10-8-14(9-11-28)27-34(31,32)16-7-6-13(22)12-15(16)21(23,24)25/h6-7,12,14,27H,8-11H2,1-5H3,(H,26,30). The number of halogens is 4. The zero-order valence-corrected chi connectivity index (χ0v) is 21.9. The van der Waals surface area contributed by atoms with Crippen molar-refractivity contribution in [3.8, 4) is 0 Å². The molecule has 192 valence electrons. The van der Waals surface area contributed by atoms with Gasteiger partial charge >= 0.3 is 12.3 Å². The molecule has 0 bridgehead atoms. The van der Waals surface area contributed by atoms with Crippen LogP contribution in [-0.2, 0) is 25.7 Å². The fourth-order valence-electron chi connectivity index (χ4n) is 3.45. The summed E-state index contributed by atoms with van der Waals surface area (Å²) < 4.78 is 73.2. The molecule has 1 heterocycles. The number of likely N-dealkylation sites (tertiary alicyclic amines) is 1. The highest BCUT2D eigenvalue weighted by Gasteiger charge is 2.40. The summed E-state index contributed by atoms with van der Waals surface area (Å²) in [5.74, 6) is -0.382. The quantitative estimate of drug-likeness (QED) is 0.555. The Balaban J connectivity index is 2.04. The molecular formula is C21H29BrF3N3O5S. The lowest BCUT2D eigenvalue weighted by Crippen LogP contribution is -2.58. The maximum atomic E-state index is 13.4. The lowest BCUT2D eigenvalue weighted by Gasteiger charge is -2.37. The second-order valence-electron chi connectivity index (χ2n) is 9.58. The van der Waals surface area contributed by atoms with Gasteiger partial charge in [-0.15, -0.1) is 0 Å². The van der Waals surface area contributed by atoms with Crippen molar-refractivity contribution in [2.75, 3.05) is 13.1 Å². The van der Waals surface area contributed by atoms with E-state index in [0.29, 0.717) is 0 Å². The number of sulfonamides is 1. The Labute approximate surface area is 205 Å². The van der Waals surface area contributed by atoms with Gasteiger partial charge in [0.05, 0.1) is 10.5 Å². The lowest BCUT2D eigenvalue weighted by molar-refractivity contribution is -0.140. The summed E-state index contributed by atoms with van der Waals surface area (Å²) in [6.45, 7) is 8.47. The number of carbonyl (C=O) groups is 2. The van der Waals surface area contributed by atoms with Crippen molar-refractivity contribution in [2.24, 2.45) is 0 Å². The summed E-state index contributed by atoms with van der Waals surface area (Å²) in [6, 6.07) is 2.19. The van der Waals surface area contributed by atoms with Crippen LogP contribution >= 0.6 is 15.9 Å². The summed E-state index contributed by atoms with van der Waals surface area (Å²) in [6.07, 6.45) is -5.20. The molecule has 0 saturated carbocycles. The van der Waals surface area contributed by atoms with Crippen LogP contribution < -0.4 is 10.0 Å². The normalized spacial score (nSPS) is 16.3. The molecule has 0 aromatic heterocycles. The highest BCUT2D eigenvalue weighted by Crippen LogP contribution is 2.36. The Morgan fingerprint density at radius 1 is 1.09 bits per heavy atom. The molecule has 2 rings (SSSR count). The van der Waals surface area contributed by atoms with Crippen molar-refractivity contribution in [2.45, 2.75) is 75.7 Å². The maximum Gasteiger partial charge on any atom is 0.417 e. The van der Waals surface area contributed by atoms with E-state index in [9.17, 15) is 31.2 Å². The molecule has 1 aromatic rings. The first-order valence-corrected chi connectivity index (χ1v) is 12.8. The second kappa shape index (κ2) is 10.0. The van der Waals surface area contributed by atoms with E-state index in [-0.39, 0.29) is 36.3 Å². The summed E-state index contributed by atoms with van der Waals surface area (Å²) in [5.41, 5.74) is -3.27. The minimum atomic E-state index is -4.85. The molecule has 34 heavy (non-hydrogen) atoms. The highest BCUT2D eigenvalue weighted by molar-refractivity contribution is 9.10. The van der Waals surface area contributed by atoms with E-state index in [4.69, 9.17) is 4.74 Å². The first kappa shape index (κ1) is 28.4. The number of nitrogens with one attached hydrogen (secondary N) is 2. The summed E-state index contributed by atoms with van der Waals surface area (Å²) in [5, 5.41) is 2.53. The molecule has 0 aliphatic carbocycles. The summed E-state index contributed by atoms with van der Waals surface area (Å²) in [4.78, 5) is 25.6. The number of alkyl halides is 3. The van der Waals surface area contributed by atoms with Crippen LogP contribution in [0.2, 0.25) is 0 Å². The van der Waals surface area contributed by atoms with Crippen molar-refractivity contribution in [3.63, 3.8) is 0 Å². The molecule has 2 amide bonds. The van der Waals surface area contributed by atoms with Gasteiger partial charge in [0.1, 0.15) is 11.1 Å². The van der Waals surface area contributed by atoms with E-state index in [2.05, 4.69) is 26.0 Å². The molecule has 0 unspecified atom stereocenters. The molecule has 1 aliphatic heterocycles. The fraction of sp³-hybridized carbons (Fsp3) is 0.619. The van der Waals surface area contributed by atoms with Crippen molar-refractivity contribution < 1.29 is 35.9 Å². The van der Waals surface area contributed by atoms with Gasteiger partial charge in [0.15, 0.2) is 0 Å². The molecule has 1 saturated heterocycles.